The lowest BCUT2D eigenvalue weighted by Crippen LogP contribution is -2.40. The Labute approximate surface area is 125 Å². The Kier molecular flexibility index (Phi) is 6.35. The van der Waals surface area contributed by atoms with Crippen LogP contribution in [0, 0.1) is 23.7 Å². The first-order chi connectivity index (χ1) is 9.60. The van der Waals surface area contributed by atoms with Crippen LogP contribution in [0.25, 0.3) is 0 Å². The third kappa shape index (κ3) is 4.46. The zero-order valence-electron chi connectivity index (χ0n) is 13.9. The van der Waals surface area contributed by atoms with Crippen LogP contribution in [0.1, 0.15) is 65.7 Å². The van der Waals surface area contributed by atoms with Crippen LogP contribution in [0.5, 0.6) is 0 Å². The Morgan fingerprint density at radius 3 is 2.60 bits per heavy atom. The molecule has 0 amide bonds. The maximum atomic E-state index is 10.3. The summed E-state index contributed by atoms with van der Waals surface area (Å²) < 4.78 is 0. The van der Waals surface area contributed by atoms with Crippen molar-refractivity contribution < 1.29 is 5.11 Å². The summed E-state index contributed by atoms with van der Waals surface area (Å²) in [6, 6.07) is 0. The average molecular weight is 281 g/mol. The third-order valence-electron chi connectivity index (χ3n) is 5.94. The summed E-state index contributed by atoms with van der Waals surface area (Å²) in [6.07, 6.45) is 8.93. The van der Waals surface area contributed by atoms with Gasteiger partial charge in [0.25, 0.3) is 0 Å². The monoisotopic (exact) mass is 281 g/mol. The summed E-state index contributed by atoms with van der Waals surface area (Å²) in [7, 11) is 0. The molecule has 1 aliphatic carbocycles. The number of rotatable bonds is 4. The normalized spacial score (nSPS) is 37.0. The molecular weight excluding hydrogens is 246 g/mol. The van der Waals surface area contributed by atoms with Gasteiger partial charge < -0.3 is 10.0 Å². The van der Waals surface area contributed by atoms with Crippen molar-refractivity contribution in [3.63, 3.8) is 0 Å². The van der Waals surface area contributed by atoms with E-state index >= 15 is 0 Å². The number of aliphatic hydroxyl groups is 1. The standard InChI is InChI=1S/C18H35NO/c1-4-15-6-5-10-19(11-9-15)13-17-12-16(14(2)3)7-8-18(17)20/h14-18,20H,4-13H2,1-3H3. The molecule has 0 radical (unpaired) electrons. The van der Waals surface area contributed by atoms with E-state index in [1.54, 1.807) is 0 Å². The molecule has 2 nitrogen and oxygen atoms in total. The number of hydrogen-bond acceptors (Lipinski definition) is 2. The van der Waals surface area contributed by atoms with Gasteiger partial charge in [0.05, 0.1) is 6.10 Å². The Morgan fingerprint density at radius 2 is 1.90 bits per heavy atom. The molecule has 2 fully saturated rings. The Hall–Kier alpha value is -0.0800. The summed E-state index contributed by atoms with van der Waals surface area (Å²) in [5.74, 6) is 3.08. The predicted octanol–water partition coefficient (Wildman–Crippen LogP) is 3.93. The number of nitrogens with zero attached hydrogens (tertiary/aromatic N) is 1. The van der Waals surface area contributed by atoms with Gasteiger partial charge in [0, 0.05) is 6.54 Å². The van der Waals surface area contributed by atoms with Gasteiger partial charge in [-0.15, -0.1) is 0 Å². The van der Waals surface area contributed by atoms with Crippen molar-refractivity contribution in [2.75, 3.05) is 19.6 Å². The lowest BCUT2D eigenvalue weighted by atomic mass is 9.74. The van der Waals surface area contributed by atoms with Gasteiger partial charge in [-0.2, -0.15) is 0 Å². The van der Waals surface area contributed by atoms with Crippen molar-refractivity contribution in [1.29, 1.82) is 0 Å². The first-order valence-corrected chi connectivity index (χ1v) is 9.00. The number of likely N-dealkylation sites (tertiary alicyclic amines) is 1. The van der Waals surface area contributed by atoms with E-state index in [9.17, 15) is 5.11 Å². The zero-order valence-corrected chi connectivity index (χ0v) is 13.9. The van der Waals surface area contributed by atoms with Crippen LogP contribution in [0.2, 0.25) is 0 Å². The highest BCUT2D eigenvalue weighted by atomic mass is 16.3. The summed E-state index contributed by atoms with van der Waals surface area (Å²) in [5, 5.41) is 10.3. The second-order valence-electron chi connectivity index (χ2n) is 7.65. The molecule has 0 aromatic rings. The molecule has 0 aromatic carbocycles. The Morgan fingerprint density at radius 1 is 1.10 bits per heavy atom. The van der Waals surface area contributed by atoms with Crippen LogP contribution in [0.15, 0.2) is 0 Å². The van der Waals surface area contributed by atoms with Gasteiger partial charge in [-0.3, -0.25) is 0 Å². The molecule has 0 bridgehead atoms. The molecule has 1 saturated heterocycles. The van der Waals surface area contributed by atoms with Gasteiger partial charge in [-0.25, -0.2) is 0 Å². The fourth-order valence-electron chi connectivity index (χ4n) is 4.23. The topological polar surface area (TPSA) is 23.5 Å². The first-order valence-electron chi connectivity index (χ1n) is 9.00. The van der Waals surface area contributed by atoms with E-state index in [1.807, 2.05) is 0 Å². The quantitative estimate of drug-likeness (QED) is 0.844. The van der Waals surface area contributed by atoms with E-state index < -0.39 is 0 Å². The van der Waals surface area contributed by atoms with E-state index in [0.717, 1.165) is 30.7 Å². The van der Waals surface area contributed by atoms with Crippen molar-refractivity contribution in [1.82, 2.24) is 4.90 Å². The van der Waals surface area contributed by atoms with Crippen molar-refractivity contribution >= 4 is 0 Å². The van der Waals surface area contributed by atoms with E-state index in [-0.39, 0.29) is 6.10 Å². The lowest BCUT2D eigenvalue weighted by molar-refractivity contribution is 0.0189. The number of aliphatic hydroxyl groups excluding tert-OH is 1. The smallest absolute Gasteiger partial charge is 0.0580 e. The molecule has 0 aromatic heterocycles. The predicted molar refractivity (Wildman–Crippen MR) is 85.7 cm³/mol. The summed E-state index contributed by atoms with van der Waals surface area (Å²) in [4.78, 5) is 2.65. The van der Waals surface area contributed by atoms with Gasteiger partial charge in [-0.1, -0.05) is 27.2 Å². The lowest BCUT2D eigenvalue weighted by Gasteiger charge is -2.38. The molecule has 4 atom stereocenters. The summed E-state index contributed by atoms with van der Waals surface area (Å²) in [5.41, 5.74) is 0. The van der Waals surface area contributed by atoms with Crippen LogP contribution in [0.4, 0.5) is 0 Å². The third-order valence-corrected chi connectivity index (χ3v) is 5.94. The molecule has 0 spiro atoms. The van der Waals surface area contributed by atoms with E-state index in [4.69, 9.17) is 0 Å². The van der Waals surface area contributed by atoms with Crippen molar-refractivity contribution in [3.8, 4) is 0 Å². The van der Waals surface area contributed by atoms with E-state index in [2.05, 4.69) is 25.7 Å². The van der Waals surface area contributed by atoms with Crippen LogP contribution in [0.3, 0.4) is 0 Å². The summed E-state index contributed by atoms with van der Waals surface area (Å²) >= 11 is 0. The van der Waals surface area contributed by atoms with E-state index in [0.29, 0.717) is 5.92 Å². The number of hydrogen-bond donors (Lipinski definition) is 1. The Bertz CT molecular complexity index is 279. The first kappa shape index (κ1) is 16.3. The van der Waals surface area contributed by atoms with Crippen LogP contribution in [-0.2, 0) is 0 Å². The van der Waals surface area contributed by atoms with Crippen molar-refractivity contribution in [2.24, 2.45) is 23.7 Å². The van der Waals surface area contributed by atoms with E-state index in [1.165, 1.54) is 51.6 Å². The SMILES string of the molecule is CCC1CCCN(CC2CC(C(C)C)CCC2O)CC1. The average Bonchev–Trinajstić information content (AvgIpc) is 2.66. The highest BCUT2D eigenvalue weighted by molar-refractivity contribution is 4.84. The fourth-order valence-corrected chi connectivity index (χ4v) is 4.23. The molecule has 2 heteroatoms. The van der Waals surface area contributed by atoms with Gasteiger partial charge in [0.1, 0.15) is 0 Å². The highest BCUT2D eigenvalue weighted by Crippen LogP contribution is 2.34. The second kappa shape index (κ2) is 7.79. The zero-order chi connectivity index (χ0) is 14.5. The van der Waals surface area contributed by atoms with Crippen LogP contribution >= 0.6 is 0 Å². The van der Waals surface area contributed by atoms with Crippen LogP contribution in [-0.4, -0.2) is 35.7 Å². The molecule has 2 rings (SSSR count). The van der Waals surface area contributed by atoms with Gasteiger partial charge in [0.2, 0.25) is 0 Å². The summed E-state index contributed by atoms with van der Waals surface area (Å²) in [6.45, 7) is 10.7. The minimum atomic E-state index is -0.0461. The molecule has 20 heavy (non-hydrogen) atoms. The van der Waals surface area contributed by atoms with Gasteiger partial charge >= 0.3 is 0 Å². The van der Waals surface area contributed by atoms with Crippen molar-refractivity contribution in [2.45, 2.75) is 71.8 Å². The van der Waals surface area contributed by atoms with Crippen LogP contribution < -0.4 is 0 Å². The molecule has 1 N–H and O–H groups in total. The van der Waals surface area contributed by atoms with Gasteiger partial charge in [0.15, 0.2) is 0 Å². The minimum Gasteiger partial charge on any atom is -0.393 e. The molecule has 118 valence electrons. The molecule has 1 aliphatic heterocycles. The highest BCUT2D eigenvalue weighted by Gasteiger charge is 2.32. The largest absolute Gasteiger partial charge is 0.393 e. The molecule has 1 heterocycles. The minimum absolute atomic E-state index is 0.0461. The van der Waals surface area contributed by atoms with Gasteiger partial charge in [-0.05, 0) is 75.3 Å². The molecule has 1 saturated carbocycles. The molecule has 2 aliphatic rings. The van der Waals surface area contributed by atoms with Crippen molar-refractivity contribution in [3.05, 3.63) is 0 Å². The molecular formula is C18H35NO. The maximum Gasteiger partial charge on any atom is 0.0580 e. The fraction of sp³-hybridized carbons (Fsp3) is 1.00. The Balaban J connectivity index is 1.84. The molecule has 4 unspecified atom stereocenters. The second-order valence-corrected chi connectivity index (χ2v) is 7.65. The maximum absolute atomic E-state index is 10.3.